The van der Waals surface area contributed by atoms with Gasteiger partial charge in [-0.3, -0.25) is 19.2 Å². The number of nitrogens with two attached hydrogens (primary N) is 2. The molecule has 0 aliphatic rings. The zero-order chi connectivity index (χ0) is 29.8. The smallest absolute Gasteiger partial charge is 0.326 e. The molecule has 4 amide bonds. The first kappa shape index (κ1) is 31.8. The summed E-state index contributed by atoms with van der Waals surface area (Å²) in [6.45, 7) is 3.48. The van der Waals surface area contributed by atoms with Gasteiger partial charge in [0.2, 0.25) is 23.6 Å². The highest BCUT2D eigenvalue weighted by atomic mass is 16.4. The van der Waals surface area contributed by atoms with Crippen molar-refractivity contribution in [2.75, 3.05) is 0 Å². The van der Waals surface area contributed by atoms with E-state index in [2.05, 4.69) is 16.0 Å². The largest absolute Gasteiger partial charge is 0.508 e. The number of benzene rings is 2. The van der Waals surface area contributed by atoms with Crippen molar-refractivity contribution in [1.82, 2.24) is 16.0 Å². The van der Waals surface area contributed by atoms with E-state index >= 15 is 0 Å². The van der Waals surface area contributed by atoms with E-state index in [1.807, 2.05) is 0 Å². The Labute approximate surface area is 232 Å². The Kier molecular flexibility index (Phi) is 12.1. The van der Waals surface area contributed by atoms with E-state index < -0.39 is 60.2 Å². The van der Waals surface area contributed by atoms with Crippen LogP contribution in [0.25, 0.3) is 0 Å². The Morgan fingerprint density at radius 1 is 0.800 bits per heavy atom. The number of carboxylic acids is 1. The van der Waals surface area contributed by atoms with Crippen LogP contribution in [0.5, 0.6) is 5.75 Å². The van der Waals surface area contributed by atoms with Crippen LogP contribution in [0.3, 0.4) is 0 Å². The van der Waals surface area contributed by atoms with Crippen molar-refractivity contribution in [3.63, 3.8) is 0 Å². The predicted molar refractivity (Wildman–Crippen MR) is 147 cm³/mol. The van der Waals surface area contributed by atoms with Crippen molar-refractivity contribution in [3.8, 4) is 5.75 Å². The van der Waals surface area contributed by atoms with Gasteiger partial charge in [0.15, 0.2) is 0 Å². The second-order valence-corrected chi connectivity index (χ2v) is 9.67. The van der Waals surface area contributed by atoms with Gasteiger partial charge in [-0.15, -0.1) is 0 Å². The highest BCUT2D eigenvalue weighted by Crippen LogP contribution is 2.14. The molecule has 0 bridgehead atoms. The molecule has 12 nitrogen and oxygen atoms in total. The van der Waals surface area contributed by atoms with E-state index in [0.29, 0.717) is 17.5 Å². The maximum absolute atomic E-state index is 13.5. The van der Waals surface area contributed by atoms with Gasteiger partial charge < -0.3 is 37.6 Å². The molecule has 216 valence electrons. The lowest BCUT2D eigenvalue weighted by atomic mass is 9.97. The minimum Gasteiger partial charge on any atom is -0.508 e. The van der Waals surface area contributed by atoms with E-state index in [1.165, 1.54) is 12.1 Å². The van der Waals surface area contributed by atoms with E-state index in [0.717, 1.165) is 0 Å². The number of carboxylic acid groups (broad SMARTS) is 1. The van der Waals surface area contributed by atoms with Gasteiger partial charge in [0, 0.05) is 12.8 Å². The monoisotopic (exact) mass is 555 g/mol. The number of hydrogen-bond donors (Lipinski definition) is 7. The van der Waals surface area contributed by atoms with E-state index in [-0.39, 0.29) is 24.5 Å². The van der Waals surface area contributed by atoms with Gasteiger partial charge >= 0.3 is 5.97 Å². The van der Waals surface area contributed by atoms with Crippen molar-refractivity contribution in [1.29, 1.82) is 0 Å². The summed E-state index contributed by atoms with van der Waals surface area (Å²) in [7, 11) is 0. The Bertz CT molecular complexity index is 1170. The molecule has 0 aromatic heterocycles. The predicted octanol–water partition coefficient (Wildman–Crippen LogP) is -0.0348. The summed E-state index contributed by atoms with van der Waals surface area (Å²) in [5, 5.41) is 26.9. The van der Waals surface area contributed by atoms with Crippen molar-refractivity contribution < 1.29 is 34.2 Å². The fourth-order valence-electron chi connectivity index (χ4n) is 3.93. The average Bonchev–Trinajstić information content (AvgIpc) is 2.91. The lowest BCUT2D eigenvalue weighted by Crippen LogP contribution is -2.58. The molecule has 0 radical (unpaired) electrons. The van der Waals surface area contributed by atoms with Crippen LogP contribution in [-0.4, -0.2) is 64.0 Å². The van der Waals surface area contributed by atoms with Crippen molar-refractivity contribution in [2.45, 2.75) is 63.7 Å². The number of nitrogens with one attached hydrogen (secondary N) is 3. The molecule has 5 atom stereocenters. The zero-order valence-electron chi connectivity index (χ0n) is 22.5. The normalized spacial score (nSPS) is 14.6. The number of primary amides is 1. The molecule has 2 rings (SSSR count). The molecule has 0 spiro atoms. The number of carbonyl (C=O) groups excluding carboxylic acids is 4. The van der Waals surface area contributed by atoms with Gasteiger partial charge in [-0.25, -0.2) is 4.79 Å². The van der Waals surface area contributed by atoms with E-state index in [9.17, 15) is 34.2 Å². The van der Waals surface area contributed by atoms with Crippen LogP contribution in [0.2, 0.25) is 0 Å². The Balaban J connectivity index is 2.34. The first-order chi connectivity index (χ1) is 18.9. The molecule has 12 heteroatoms. The van der Waals surface area contributed by atoms with Gasteiger partial charge in [-0.05, 0) is 29.2 Å². The third-order valence-electron chi connectivity index (χ3n) is 6.46. The van der Waals surface area contributed by atoms with Gasteiger partial charge in [-0.2, -0.15) is 0 Å². The van der Waals surface area contributed by atoms with Gasteiger partial charge in [-0.1, -0.05) is 62.7 Å². The number of rotatable bonds is 15. The van der Waals surface area contributed by atoms with Crippen LogP contribution in [-0.2, 0) is 36.8 Å². The molecule has 9 N–H and O–H groups in total. The Morgan fingerprint density at radius 3 is 1.80 bits per heavy atom. The molecule has 0 saturated carbocycles. The molecule has 0 aliphatic heterocycles. The third-order valence-corrected chi connectivity index (χ3v) is 6.46. The van der Waals surface area contributed by atoms with Crippen LogP contribution in [0.4, 0.5) is 0 Å². The number of carbonyl (C=O) groups is 5. The van der Waals surface area contributed by atoms with Crippen molar-refractivity contribution >= 4 is 29.6 Å². The maximum atomic E-state index is 13.5. The van der Waals surface area contributed by atoms with E-state index in [4.69, 9.17) is 11.5 Å². The topological polar surface area (TPSA) is 214 Å². The number of amides is 4. The summed E-state index contributed by atoms with van der Waals surface area (Å²) in [4.78, 5) is 62.5. The number of aromatic hydroxyl groups is 1. The summed E-state index contributed by atoms with van der Waals surface area (Å²) >= 11 is 0. The number of aliphatic carboxylic acids is 1. The summed E-state index contributed by atoms with van der Waals surface area (Å²) in [6, 6.07) is 9.89. The number of phenols is 1. The fraction of sp³-hybridized carbons (Fsp3) is 0.393. The maximum Gasteiger partial charge on any atom is 0.326 e. The molecule has 0 aliphatic carbocycles. The molecule has 2 aromatic carbocycles. The summed E-state index contributed by atoms with van der Waals surface area (Å²) in [5.74, 6) is -4.61. The second kappa shape index (κ2) is 15.2. The van der Waals surface area contributed by atoms with Crippen LogP contribution in [0.1, 0.15) is 37.8 Å². The van der Waals surface area contributed by atoms with Crippen LogP contribution in [0, 0.1) is 5.92 Å². The molecular weight excluding hydrogens is 518 g/mol. The molecule has 2 aromatic rings. The quantitative estimate of drug-likeness (QED) is 0.158. The molecule has 0 heterocycles. The van der Waals surface area contributed by atoms with Crippen molar-refractivity contribution in [3.05, 3.63) is 65.7 Å². The highest BCUT2D eigenvalue weighted by Gasteiger charge is 2.32. The summed E-state index contributed by atoms with van der Waals surface area (Å²) < 4.78 is 0. The van der Waals surface area contributed by atoms with E-state index in [1.54, 1.807) is 56.3 Å². The Morgan fingerprint density at radius 2 is 1.30 bits per heavy atom. The number of hydrogen-bond acceptors (Lipinski definition) is 7. The summed E-state index contributed by atoms with van der Waals surface area (Å²) in [5.41, 5.74) is 12.2. The minimum absolute atomic E-state index is 0.00874. The van der Waals surface area contributed by atoms with Gasteiger partial charge in [0.1, 0.15) is 23.9 Å². The van der Waals surface area contributed by atoms with Gasteiger partial charge in [0.25, 0.3) is 0 Å². The van der Waals surface area contributed by atoms with Crippen LogP contribution >= 0.6 is 0 Å². The third kappa shape index (κ3) is 10.0. The number of phenolic OH excluding ortho intramolecular Hbond substituents is 1. The molecule has 0 fully saturated rings. The SMILES string of the molecule is CCC(C)C(NC(=O)C(Cc1ccc(O)cc1)NC(=O)C(Cc1ccccc1)NC(=O)C(N)CC(N)=O)C(=O)O. The van der Waals surface area contributed by atoms with Crippen LogP contribution < -0.4 is 27.4 Å². The zero-order valence-corrected chi connectivity index (χ0v) is 22.5. The minimum atomic E-state index is -1.29. The first-order valence-electron chi connectivity index (χ1n) is 12.9. The molecule has 0 saturated heterocycles. The Hall–Kier alpha value is -4.45. The molecular formula is C28H37N5O7. The highest BCUT2D eigenvalue weighted by molar-refractivity contribution is 5.95. The standard InChI is InChI=1S/C28H37N5O7/c1-3-16(2)24(28(39)40)33-27(38)22(14-18-9-11-19(34)12-10-18)32-26(37)21(13-17-7-5-4-6-8-17)31-25(36)20(29)15-23(30)35/h4-12,16,20-22,24,34H,3,13-15,29H2,1-2H3,(H2,30,35)(H,31,36)(H,32,37)(H,33,38)(H,39,40). The summed E-state index contributed by atoms with van der Waals surface area (Å²) in [6.07, 6.45) is 0.0737. The lowest BCUT2D eigenvalue weighted by molar-refractivity contribution is -0.143. The average molecular weight is 556 g/mol. The van der Waals surface area contributed by atoms with Gasteiger partial charge in [0.05, 0.1) is 12.5 Å². The van der Waals surface area contributed by atoms with Crippen molar-refractivity contribution in [2.24, 2.45) is 17.4 Å². The second-order valence-electron chi connectivity index (χ2n) is 9.67. The molecule has 5 unspecified atom stereocenters. The fourth-order valence-corrected chi connectivity index (χ4v) is 3.93. The van der Waals surface area contributed by atoms with Crippen LogP contribution in [0.15, 0.2) is 54.6 Å². The lowest BCUT2D eigenvalue weighted by Gasteiger charge is -2.27. The first-order valence-corrected chi connectivity index (χ1v) is 12.9. The molecule has 40 heavy (non-hydrogen) atoms.